The molecule has 0 saturated heterocycles. The number of thiophene rings is 1. The van der Waals surface area contributed by atoms with Gasteiger partial charge >= 0.3 is 6.18 Å². The van der Waals surface area contributed by atoms with Crippen LogP contribution in [0.3, 0.4) is 0 Å². The van der Waals surface area contributed by atoms with Gasteiger partial charge in [-0.05, 0) is 35.7 Å². The number of rotatable bonds is 7. The van der Waals surface area contributed by atoms with E-state index in [0.717, 1.165) is 4.88 Å². The second-order valence-corrected chi connectivity index (χ2v) is 8.30. The molecule has 1 aromatic carbocycles. The molecule has 1 amide bonds. The van der Waals surface area contributed by atoms with Crippen LogP contribution in [-0.4, -0.2) is 37.9 Å². The highest BCUT2D eigenvalue weighted by molar-refractivity contribution is 7.89. The highest BCUT2D eigenvalue weighted by Crippen LogP contribution is 2.21. The molecule has 5 nitrogen and oxygen atoms in total. The van der Waals surface area contributed by atoms with E-state index in [-0.39, 0.29) is 23.5 Å². The number of alkyl halides is 3. The van der Waals surface area contributed by atoms with Crippen molar-refractivity contribution in [1.29, 1.82) is 0 Å². The van der Waals surface area contributed by atoms with Gasteiger partial charge in [0, 0.05) is 23.5 Å². The molecule has 1 aromatic heterocycles. The van der Waals surface area contributed by atoms with Gasteiger partial charge in [-0.3, -0.25) is 4.79 Å². The van der Waals surface area contributed by atoms with E-state index >= 15 is 0 Å². The zero-order chi connectivity index (χ0) is 19.4. The Hall–Kier alpha value is -1.91. The minimum Gasteiger partial charge on any atom is -0.343 e. The van der Waals surface area contributed by atoms with Gasteiger partial charge < -0.3 is 5.32 Å². The van der Waals surface area contributed by atoms with Gasteiger partial charge in [-0.1, -0.05) is 13.0 Å². The molecule has 0 unspecified atom stereocenters. The van der Waals surface area contributed by atoms with Crippen LogP contribution >= 0.6 is 11.3 Å². The van der Waals surface area contributed by atoms with Crippen LogP contribution in [-0.2, 0) is 16.6 Å². The molecule has 0 atom stereocenters. The van der Waals surface area contributed by atoms with E-state index in [4.69, 9.17) is 0 Å². The van der Waals surface area contributed by atoms with Crippen LogP contribution in [0, 0.1) is 0 Å². The van der Waals surface area contributed by atoms with Crippen molar-refractivity contribution in [2.24, 2.45) is 0 Å². The summed E-state index contributed by atoms with van der Waals surface area (Å²) in [6.45, 7) is 0.749. The van der Waals surface area contributed by atoms with E-state index in [0.29, 0.717) is 0 Å². The first-order chi connectivity index (χ1) is 12.1. The molecule has 1 heterocycles. The van der Waals surface area contributed by atoms with Crippen molar-refractivity contribution < 1.29 is 26.4 Å². The van der Waals surface area contributed by atoms with Crippen LogP contribution in [0.25, 0.3) is 0 Å². The SMILES string of the molecule is CCN(Cc1cccs1)S(=O)(=O)c1ccc(C(=O)NCC(F)(F)F)cc1. The van der Waals surface area contributed by atoms with E-state index in [9.17, 15) is 26.4 Å². The summed E-state index contributed by atoms with van der Waals surface area (Å²) >= 11 is 1.44. The smallest absolute Gasteiger partial charge is 0.343 e. The molecule has 142 valence electrons. The molecule has 1 N–H and O–H groups in total. The van der Waals surface area contributed by atoms with Crippen molar-refractivity contribution >= 4 is 27.3 Å². The van der Waals surface area contributed by atoms with E-state index in [1.54, 1.807) is 12.2 Å². The Morgan fingerprint density at radius 2 is 1.85 bits per heavy atom. The number of carbonyl (C=O) groups is 1. The Balaban J connectivity index is 2.13. The van der Waals surface area contributed by atoms with Crippen molar-refractivity contribution in [3.8, 4) is 0 Å². The molecule has 0 aliphatic heterocycles. The largest absolute Gasteiger partial charge is 0.405 e. The summed E-state index contributed by atoms with van der Waals surface area (Å²) in [4.78, 5) is 12.5. The maximum atomic E-state index is 12.7. The molecule has 0 saturated carbocycles. The molecule has 10 heteroatoms. The first-order valence-corrected chi connectivity index (χ1v) is 9.93. The molecule has 0 fully saturated rings. The minimum atomic E-state index is -4.51. The van der Waals surface area contributed by atoms with E-state index in [2.05, 4.69) is 0 Å². The number of carbonyl (C=O) groups excluding carboxylic acids is 1. The number of hydrogen-bond acceptors (Lipinski definition) is 4. The van der Waals surface area contributed by atoms with Crippen molar-refractivity contribution in [3.63, 3.8) is 0 Å². The van der Waals surface area contributed by atoms with E-state index in [1.807, 2.05) is 17.5 Å². The van der Waals surface area contributed by atoms with Gasteiger partial charge in [0.05, 0.1) is 4.90 Å². The third-order valence-electron chi connectivity index (χ3n) is 3.47. The zero-order valence-electron chi connectivity index (χ0n) is 13.8. The molecule has 0 radical (unpaired) electrons. The molecule has 0 spiro atoms. The summed E-state index contributed by atoms with van der Waals surface area (Å²) in [5, 5.41) is 3.59. The first-order valence-electron chi connectivity index (χ1n) is 7.61. The summed E-state index contributed by atoms with van der Waals surface area (Å²) in [6.07, 6.45) is -4.51. The Labute approximate surface area is 153 Å². The number of hydrogen-bond donors (Lipinski definition) is 1. The van der Waals surface area contributed by atoms with Crippen molar-refractivity contribution in [2.75, 3.05) is 13.1 Å². The second kappa shape index (κ2) is 8.19. The number of nitrogens with zero attached hydrogens (tertiary/aromatic N) is 1. The van der Waals surface area contributed by atoms with Gasteiger partial charge in [0.25, 0.3) is 5.91 Å². The fourth-order valence-electron chi connectivity index (χ4n) is 2.15. The Bertz CT molecular complexity index is 833. The predicted molar refractivity (Wildman–Crippen MR) is 92.4 cm³/mol. The maximum absolute atomic E-state index is 12.7. The predicted octanol–water partition coefficient (Wildman–Crippen LogP) is 3.25. The van der Waals surface area contributed by atoms with Gasteiger partial charge in [0.2, 0.25) is 10.0 Å². The average Bonchev–Trinajstić information content (AvgIpc) is 3.10. The van der Waals surface area contributed by atoms with Crippen LogP contribution in [0.15, 0.2) is 46.7 Å². The molecule has 0 aliphatic carbocycles. The lowest BCUT2D eigenvalue weighted by Gasteiger charge is -2.20. The highest BCUT2D eigenvalue weighted by Gasteiger charge is 2.28. The molecule has 26 heavy (non-hydrogen) atoms. The Morgan fingerprint density at radius 3 is 2.35 bits per heavy atom. The summed E-state index contributed by atoms with van der Waals surface area (Å²) in [7, 11) is -3.78. The topological polar surface area (TPSA) is 66.5 Å². The second-order valence-electron chi connectivity index (χ2n) is 5.33. The highest BCUT2D eigenvalue weighted by atomic mass is 32.2. The molecule has 2 rings (SSSR count). The van der Waals surface area contributed by atoms with Crippen molar-refractivity contribution in [1.82, 2.24) is 9.62 Å². The number of halogens is 3. The van der Waals surface area contributed by atoms with Gasteiger partial charge in [0.15, 0.2) is 0 Å². The van der Waals surface area contributed by atoms with Crippen LogP contribution in [0.1, 0.15) is 22.2 Å². The lowest BCUT2D eigenvalue weighted by atomic mass is 10.2. The van der Waals surface area contributed by atoms with E-state index in [1.165, 1.54) is 39.9 Å². The van der Waals surface area contributed by atoms with Crippen molar-refractivity contribution in [2.45, 2.75) is 24.5 Å². The average molecular weight is 406 g/mol. The van der Waals surface area contributed by atoms with Gasteiger partial charge in [-0.15, -0.1) is 11.3 Å². The van der Waals surface area contributed by atoms with E-state index < -0.39 is 28.7 Å². The van der Waals surface area contributed by atoms with Crippen LogP contribution < -0.4 is 5.32 Å². The molecule has 0 aliphatic rings. The molecule has 0 bridgehead atoms. The quantitative estimate of drug-likeness (QED) is 0.768. The van der Waals surface area contributed by atoms with Crippen LogP contribution in [0.2, 0.25) is 0 Å². The summed E-state index contributed by atoms with van der Waals surface area (Å²) in [5.74, 6) is -0.919. The standard InChI is InChI=1S/C16H17F3N2O3S2/c1-2-21(10-13-4-3-9-25-13)26(23,24)14-7-5-12(6-8-14)15(22)20-11-16(17,18)19/h3-9H,2,10-11H2,1H3,(H,20,22). The Kier molecular flexibility index (Phi) is 6.43. The summed E-state index contributed by atoms with van der Waals surface area (Å²) in [5.41, 5.74) is -0.0468. The fraction of sp³-hybridized carbons (Fsp3) is 0.312. The maximum Gasteiger partial charge on any atom is 0.405 e. The zero-order valence-corrected chi connectivity index (χ0v) is 15.4. The molecular formula is C16H17F3N2O3S2. The van der Waals surface area contributed by atoms with Crippen LogP contribution in [0.4, 0.5) is 13.2 Å². The molecular weight excluding hydrogens is 389 g/mol. The normalized spacial score (nSPS) is 12.3. The number of benzene rings is 1. The minimum absolute atomic E-state index is 0.0247. The summed E-state index contributed by atoms with van der Waals surface area (Å²) in [6, 6.07) is 8.48. The lowest BCUT2D eigenvalue weighted by molar-refractivity contribution is -0.123. The third-order valence-corrected chi connectivity index (χ3v) is 6.26. The lowest BCUT2D eigenvalue weighted by Crippen LogP contribution is -2.33. The molecule has 2 aromatic rings. The summed E-state index contributed by atoms with van der Waals surface area (Å²) < 4.78 is 63.1. The van der Waals surface area contributed by atoms with Crippen molar-refractivity contribution in [3.05, 3.63) is 52.2 Å². The monoisotopic (exact) mass is 406 g/mol. The number of sulfonamides is 1. The Morgan fingerprint density at radius 1 is 1.19 bits per heavy atom. The number of nitrogens with one attached hydrogen (secondary N) is 1. The van der Waals surface area contributed by atoms with Gasteiger partial charge in [-0.2, -0.15) is 17.5 Å². The first kappa shape index (κ1) is 20.4. The van der Waals surface area contributed by atoms with Gasteiger partial charge in [0.1, 0.15) is 6.54 Å². The number of amides is 1. The third kappa shape index (κ3) is 5.29. The van der Waals surface area contributed by atoms with Gasteiger partial charge in [-0.25, -0.2) is 8.42 Å². The fourth-order valence-corrected chi connectivity index (χ4v) is 4.38. The van der Waals surface area contributed by atoms with Crippen LogP contribution in [0.5, 0.6) is 0 Å².